The minimum atomic E-state index is 0.0298. The van der Waals surface area contributed by atoms with Crippen LogP contribution in [0.5, 0.6) is 5.75 Å². The summed E-state index contributed by atoms with van der Waals surface area (Å²) in [7, 11) is 0. The molecule has 2 nitrogen and oxygen atoms in total. The number of rotatable bonds is 3. The van der Waals surface area contributed by atoms with Gasteiger partial charge in [-0.15, -0.1) is 0 Å². The molecule has 2 N–H and O–H groups in total. The molecule has 0 amide bonds. The number of hydrogen-bond donors (Lipinski definition) is 1. The third-order valence-corrected chi connectivity index (χ3v) is 1.96. The summed E-state index contributed by atoms with van der Waals surface area (Å²) in [5, 5.41) is 0. The molecular weight excluding hydrogens is 162 g/mol. The number of aryl methyl sites for hydroxylation is 1. The van der Waals surface area contributed by atoms with Crippen LogP contribution in [0.3, 0.4) is 0 Å². The largest absolute Gasteiger partial charge is 0.494 e. The van der Waals surface area contributed by atoms with Crippen LogP contribution < -0.4 is 10.5 Å². The van der Waals surface area contributed by atoms with Crippen molar-refractivity contribution in [3.8, 4) is 5.75 Å². The maximum atomic E-state index is 5.81. The highest BCUT2D eigenvalue weighted by atomic mass is 16.5. The first-order valence-electron chi connectivity index (χ1n) is 4.64. The molecule has 13 heavy (non-hydrogen) atoms. The Labute approximate surface area is 79.7 Å². The highest BCUT2D eigenvalue weighted by molar-refractivity contribution is 5.38. The molecule has 0 aliphatic carbocycles. The molecule has 0 radical (unpaired) electrons. The van der Waals surface area contributed by atoms with Gasteiger partial charge in [0.1, 0.15) is 5.75 Å². The molecule has 72 valence electrons. The summed E-state index contributed by atoms with van der Waals surface area (Å²) in [4.78, 5) is 0. The molecule has 1 aromatic rings. The van der Waals surface area contributed by atoms with E-state index in [-0.39, 0.29) is 6.04 Å². The zero-order chi connectivity index (χ0) is 9.84. The van der Waals surface area contributed by atoms with E-state index in [2.05, 4.69) is 6.07 Å². The van der Waals surface area contributed by atoms with Crippen LogP contribution in [0.1, 0.15) is 31.0 Å². The van der Waals surface area contributed by atoms with Crippen molar-refractivity contribution in [1.29, 1.82) is 0 Å². The van der Waals surface area contributed by atoms with Gasteiger partial charge < -0.3 is 10.5 Å². The number of nitrogens with two attached hydrogens (primary N) is 1. The van der Waals surface area contributed by atoms with E-state index in [9.17, 15) is 0 Å². The van der Waals surface area contributed by atoms with Gasteiger partial charge >= 0.3 is 0 Å². The first kappa shape index (κ1) is 10.1. The third kappa shape index (κ3) is 2.46. The maximum Gasteiger partial charge on any atom is 0.124 e. The zero-order valence-corrected chi connectivity index (χ0v) is 8.50. The average Bonchev–Trinajstić information content (AvgIpc) is 2.04. The van der Waals surface area contributed by atoms with Gasteiger partial charge in [-0.1, -0.05) is 12.1 Å². The number of benzene rings is 1. The molecule has 1 aromatic carbocycles. The van der Waals surface area contributed by atoms with E-state index in [1.54, 1.807) is 0 Å². The molecule has 0 heterocycles. The maximum absolute atomic E-state index is 5.81. The van der Waals surface area contributed by atoms with Crippen LogP contribution in [0.25, 0.3) is 0 Å². The van der Waals surface area contributed by atoms with Gasteiger partial charge in [0, 0.05) is 11.6 Å². The summed E-state index contributed by atoms with van der Waals surface area (Å²) in [5.74, 6) is 0.914. The standard InChI is InChI=1S/C11H17NO/c1-4-13-11-7-8(2)5-6-10(11)9(3)12/h5-7,9H,4,12H2,1-3H3/t9-/m0/s1. The van der Waals surface area contributed by atoms with Crippen LogP contribution in [0.15, 0.2) is 18.2 Å². The Bertz CT molecular complexity index is 281. The molecule has 0 fully saturated rings. The fourth-order valence-electron chi connectivity index (χ4n) is 1.30. The van der Waals surface area contributed by atoms with Crippen LogP contribution in [0, 0.1) is 6.92 Å². The van der Waals surface area contributed by atoms with Crippen LogP contribution in [-0.2, 0) is 0 Å². The molecular formula is C11H17NO. The molecule has 0 spiro atoms. The fourth-order valence-corrected chi connectivity index (χ4v) is 1.30. The first-order chi connectivity index (χ1) is 6.15. The molecule has 0 saturated heterocycles. The lowest BCUT2D eigenvalue weighted by Crippen LogP contribution is -2.08. The summed E-state index contributed by atoms with van der Waals surface area (Å²) in [5.41, 5.74) is 8.09. The Kier molecular flexibility index (Phi) is 3.32. The molecule has 0 saturated carbocycles. The summed E-state index contributed by atoms with van der Waals surface area (Å²) in [6, 6.07) is 6.15. The van der Waals surface area contributed by atoms with Crippen LogP contribution in [0.2, 0.25) is 0 Å². The molecule has 1 atom stereocenters. The van der Waals surface area contributed by atoms with Gasteiger partial charge in [-0.3, -0.25) is 0 Å². The molecule has 0 aromatic heterocycles. The second-order valence-electron chi connectivity index (χ2n) is 3.26. The molecule has 0 aliphatic rings. The highest BCUT2D eigenvalue weighted by Gasteiger charge is 2.07. The van der Waals surface area contributed by atoms with E-state index in [4.69, 9.17) is 10.5 Å². The summed E-state index contributed by atoms with van der Waals surface area (Å²) in [6.45, 7) is 6.68. The van der Waals surface area contributed by atoms with Crippen molar-refractivity contribution in [3.05, 3.63) is 29.3 Å². The Hall–Kier alpha value is -1.02. The SMILES string of the molecule is CCOc1cc(C)ccc1[C@H](C)N. The Morgan fingerprint density at radius 1 is 1.46 bits per heavy atom. The van der Waals surface area contributed by atoms with Gasteiger partial charge in [-0.2, -0.15) is 0 Å². The smallest absolute Gasteiger partial charge is 0.124 e. The van der Waals surface area contributed by atoms with E-state index >= 15 is 0 Å². The number of ether oxygens (including phenoxy) is 1. The highest BCUT2D eigenvalue weighted by Crippen LogP contribution is 2.24. The van der Waals surface area contributed by atoms with Crippen molar-refractivity contribution < 1.29 is 4.74 Å². The topological polar surface area (TPSA) is 35.2 Å². The lowest BCUT2D eigenvalue weighted by Gasteiger charge is -2.13. The zero-order valence-electron chi connectivity index (χ0n) is 8.50. The van der Waals surface area contributed by atoms with Gasteiger partial charge in [-0.25, -0.2) is 0 Å². The molecule has 0 unspecified atom stereocenters. The van der Waals surface area contributed by atoms with E-state index in [1.807, 2.05) is 32.9 Å². The molecule has 1 rings (SSSR count). The minimum absolute atomic E-state index is 0.0298. The van der Waals surface area contributed by atoms with Crippen molar-refractivity contribution in [2.45, 2.75) is 26.8 Å². The van der Waals surface area contributed by atoms with Crippen molar-refractivity contribution in [1.82, 2.24) is 0 Å². The second-order valence-corrected chi connectivity index (χ2v) is 3.26. The van der Waals surface area contributed by atoms with E-state index < -0.39 is 0 Å². The Morgan fingerprint density at radius 2 is 2.15 bits per heavy atom. The monoisotopic (exact) mass is 179 g/mol. The molecule has 0 bridgehead atoms. The minimum Gasteiger partial charge on any atom is -0.494 e. The molecule has 2 heteroatoms. The molecule has 0 aliphatic heterocycles. The summed E-state index contributed by atoms with van der Waals surface area (Å²) >= 11 is 0. The van der Waals surface area contributed by atoms with Crippen molar-refractivity contribution in [2.24, 2.45) is 5.73 Å². The van der Waals surface area contributed by atoms with Gasteiger partial charge in [-0.05, 0) is 32.4 Å². The van der Waals surface area contributed by atoms with E-state index in [0.717, 1.165) is 11.3 Å². The third-order valence-electron chi connectivity index (χ3n) is 1.96. The number of hydrogen-bond acceptors (Lipinski definition) is 2. The lowest BCUT2D eigenvalue weighted by atomic mass is 10.1. The average molecular weight is 179 g/mol. The van der Waals surface area contributed by atoms with E-state index in [1.165, 1.54) is 5.56 Å². The van der Waals surface area contributed by atoms with Crippen molar-refractivity contribution in [2.75, 3.05) is 6.61 Å². The predicted octanol–water partition coefficient (Wildman–Crippen LogP) is 2.41. The predicted molar refractivity (Wildman–Crippen MR) is 55.0 cm³/mol. The summed E-state index contributed by atoms with van der Waals surface area (Å²) in [6.07, 6.45) is 0. The van der Waals surface area contributed by atoms with Gasteiger partial charge in [0.25, 0.3) is 0 Å². The van der Waals surface area contributed by atoms with Crippen molar-refractivity contribution in [3.63, 3.8) is 0 Å². The summed E-state index contributed by atoms with van der Waals surface area (Å²) < 4.78 is 5.50. The van der Waals surface area contributed by atoms with Crippen LogP contribution in [0.4, 0.5) is 0 Å². The van der Waals surface area contributed by atoms with Gasteiger partial charge in [0.05, 0.1) is 6.61 Å². The van der Waals surface area contributed by atoms with Crippen LogP contribution >= 0.6 is 0 Å². The second kappa shape index (κ2) is 4.28. The lowest BCUT2D eigenvalue weighted by molar-refractivity contribution is 0.334. The van der Waals surface area contributed by atoms with Gasteiger partial charge in [0.15, 0.2) is 0 Å². The van der Waals surface area contributed by atoms with Crippen molar-refractivity contribution >= 4 is 0 Å². The normalized spacial score (nSPS) is 12.6. The fraction of sp³-hybridized carbons (Fsp3) is 0.455. The Morgan fingerprint density at radius 3 is 2.69 bits per heavy atom. The Balaban J connectivity index is 3.03. The van der Waals surface area contributed by atoms with E-state index in [0.29, 0.717) is 6.61 Å². The quantitative estimate of drug-likeness (QED) is 0.773. The van der Waals surface area contributed by atoms with Crippen LogP contribution in [-0.4, -0.2) is 6.61 Å². The van der Waals surface area contributed by atoms with Gasteiger partial charge in [0.2, 0.25) is 0 Å². The first-order valence-corrected chi connectivity index (χ1v) is 4.64.